The lowest BCUT2D eigenvalue weighted by atomic mass is 10.2. The second-order valence-corrected chi connectivity index (χ2v) is 3.89. The van der Waals surface area contributed by atoms with Crippen LogP contribution in [0.5, 0.6) is 5.75 Å². The molecule has 0 saturated carbocycles. The van der Waals surface area contributed by atoms with Crippen molar-refractivity contribution >= 4 is 17.4 Å². The fraction of sp³-hybridized carbons (Fsp3) is 0.154. The molecular weight excluding hydrogens is 236 g/mol. The predicted molar refractivity (Wildman–Crippen MR) is 68.4 cm³/mol. The highest BCUT2D eigenvalue weighted by atomic mass is 35.5. The van der Waals surface area contributed by atoms with Gasteiger partial charge in [0.05, 0.1) is 12.1 Å². The summed E-state index contributed by atoms with van der Waals surface area (Å²) in [6.45, 7) is 0.701. The molecule has 0 unspecified atom stereocenters. The molecule has 2 rings (SSSR count). The Morgan fingerprint density at radius 3 is 2.71 bits per heavy atom. The Bertz CT molecular complexity index is 468. The van der Waals surface area contributed by atoms with Gasteiger partial charge in [0.15, 0.2) is 0 Å². The molecule has 0 spiro atoms. The number of ether oxygens (including phenoxy) is 1. The summed E-state index contributed by atoms with van der Waals surface area (Å²) in [5.41, 5.74) is 1.16. The van der Waals surface area contributed by atoms with Crippen molar-refractivity contribution in [3.8, 4) is 5.75 Å². The predicted octanol–water partition coefficient (Wildman–Crippen LogP) is 3.16. The lowest BCUT2D eigenvalue weighted by molar-refractivity contribution is 0.414. The van der Waals surface area contributed by atoms with Crippen molar-refractivity contribution in [1.29, 1.82) is 0 Å². The van der Waals surface area contributed by atoms with Crippen LogP contribution in [0.3, 0.4) is 0 Å². The summed E-state index contributed by atoms with van der Waals surface area (Å²) in [5, 5.41) is 3.70. The van der Waals surface area contributed by atoms with E-state index in [1.807, 2.05) is 24.3 Å². The molecule has 0 aliphatic carbocycles. The van der Waals surface area contributed by atoms with E-state index in [-0.39, 0.29) is 0 Å². The summed E-state index contributed by atoms with van der Waals surface area (Å²) in [5.74, 6) is 1.61. The average Bonchev–Trinajstić information content (AvgIpc) is 2.39. The van der Waals surface area contributed by atoms with Gasteiger partial charge in [0, 0.05) is 18.8 Å². The molecular formula is C13H12ClN2O. The fourth-order valence-electron chi connectivity index (χ4n) is 1.37. The highest BCUT2D eigenvalue weighted by Gasteiger charge is 1.96. The first-order valence-electron chi connectivity index (χ1n) is 5.18. The van der Waals surface area contributed by atoms with Gasteiger partial charge < -0.3 is 10.1 Å². The third-order valence-corrected chi connectivity index (χ3v) is 2.50. The zero-order valence-corrected chi connectivity index (χ0v) is 10.2. The van der Waals surface area contributed by atoms with Crippen LogP contribution < -0.4 is 10.1 Å². The van der Waals surface area contributed by atoms with E-state index in [1.54, 1.807) is 19.4 Å². The van der Waals surface area contributed by atoms with Crippen LogP contribution in [0.4, 0.5) is 5.82 Å². The molecule has 1 aromatic heterocycles. The molecule has 0 aliphatic heterocycles. The van der Waals surface area contributed by atoms with Crippen molar-refractivity contribution in [3.05, 3.63) is 53.2 Å². The van der Waals surface area contributed by atoms with Gasteiger partial charge in [-0.2, -0.15) is 0 Å². The average molecular weight is 248 g/mol. The van der Waals surface area contributed by atoms with Crippen LogP contribution in [-0.2, 0) is 6.54 Å². The molecule has 0 amide bonds. The number of methoxy groups -OCH3 is 1. The van der Waals surface area contributed by atoms with E-state index in [1.165, 1.54) is 0 Å². The first kappa shape index (κ1) is 11.7. The zero-order valence-electron chi connectivity index (χ0n) is 9.40. The van der Waals surface area contributed by atoms with Crippen LogP contribution in [0.15, 0.2) is 36.5 Å². The van der Waals surface area contributed by atoms with Gasteiger partial charge in [0.1, 0.15) is 11.6 Å². The van der Waals surface area contributed by atoms with E-state index in [4.69, 9.17) is 16.3 Å². The van der Waals surface area contributed by atoms with E-state index in [0.717, 1.165) is 17.1 Å². The molecule has 1 aromatic carbocycles. The number of anilines is 1. The van der Waals surface area contributed by atoms with Crippen LogP contribution in [0.2, 0.25) is 5.02 Å². The molecule has 1 radical (unpaired) electrons. The third-order valence-electron chi connectivity index (χ3n) is 2.30. The van der Waals surface area contributed by atoms with Crippen molar-refractivity contribution in [2.45, 2.75) is 6.54 Å². The quantitative estimate of drug-likeness (QED) is 0.901. The van der Waals surface area contributed by atoms with Gasteiger partial charge in [-0.3, -0.25) is 0 Å². The summed E-state index contributed by atoms with van der Waals surface area (Å²) in [6, 6.07) is 12.5. The molecule has 1 heterocycles. The lowest BCUT2D eigenvalue weighted by Crippen LogP contribution is -2.00. The number of benzene rings is 1. The first-order valence-corrected chi connectivity index (χ1v) is 5.56. The Labute approximate surface area is 105 Å². The standard InChI is InChI=1S/C13H12ClN2O/c1-17-12-5-2-10(3-6-12)8-15-13-7-4-11(14)9-16-13/h2-3,5-7,9H,8H2,1H3,(H,15,16). The number of rotatable bonds is 4. The van der Waals surface area contributed by atoms with Gasteiger partial charge in [0.2, 0.25) is 0 Å². The summed E-state index contributed by atoms with van der Waals surface area (Å²) < 4.78 is 5.09. The maximum atomic E-state index is 5.70. The summed E-state index contributed by atoms with van der Waals surface area (Å²) >= 11 is 5.70. The number of nitrogens with zero attached hydrogens (tertiary/aromatic N) is 1. The van der Waals surface area contributed by atoms with Crippen molar-refractivity contribution < 1.29 is 4.74 Å². The SMILES string of the molecule is COc1ccc(CNc2c[c]c(Cl)cn2)cc1. The Hall–Kier alpha value is -1.74. The maximum Gasteiger partial charge on any atom is 0.126 e. The van der Waals surface area contributed by atoms with Gasteiger partial charge in [-0.25, -0.2) is 4.98 Å². The van der Waals surface area contributed by atoms with Crippen molar-refractivity contribution in [2.24, 2.45) is 0 Å². The molecule has 0 saturated heterocycles. The van der Waals surface area contributed by atoms with Crippen LogP contribution in [0.25, 0.3) is 0 Å². The van der Waals surface area contributed by atoms with Gasteiger partial charge in [-0.15, -0.1) is 0 Å². The Morgan fingerprint density at radius 2 is 2.12 bits per heavy atom. The van der Waals surface area contributed by atoms with Crippen LogP contribution >= 0.6 is 11.6 Å². The largest absolute Gasteiger partial charge is 0.497 e. The van der Waals surface area contributed by atoms with E-state index in [0.29, 0.717) is 11.6 Å². The molecule has 0 fully saturated rings. The summed E-state index contributed by atoms with van der Waals surface area (Å²) in [4.78, 5) is 4.13. The smallest absolute Gasteiger partial charge is 0.126 e. The molecule has 17 heavy (non-hydrogen) atoms. The zero-order chi connectivity index (χ0) is 12.1. The highest BCUT2D eigenvalue weighted by molar-refractivity contribution is 6.30. The first-order chi connectivity index (χ1) is 8.28. The molecule has 2 aromatic rings. The van der Waals surface area contributed by atoms with Crippen molar-refractivity contribution in [3.63, 3.8) is 0 Å². The van der Waals surface area contributed by atoms with E-state index in [9.17, 15) is 0 Å². The molecule has 0 aliphatic rings. The highest BCUT2D eigenvalue weighted by Crippen LogP contribution is 2.13. The minimum absolute atomic E-state index is 0.514. The Morgan fingerprint density at radius 1 is 1.35 bits per heavy atom. The minimum Gasteiger partial charge on any atom is -0.497 e. The van der Waals surface area contributed by atoms with Gasteiger partial charge in [0.25, 0.3) is 0 Å². The van der Waals surface area contributed by atoms with Crippen LogP contribution in [-0.4, -0.2) is 12.1 Å². The molecule has 87 valence electrons. The monoisotopic (exact) mass is 247 g/mol. The normalized spacial score (nSPS) is 10.0. The van der Waals surface area contributed by atoms with Gasteiger partial charge >= 0.3 is 0 Å². The van der Waals surface area contributed by atoms with E-state index in [2.05, 4.69) is 16.4 Å². The van der Waals surface area contributed by atoms with Crippen molar-refractivity contribution in [1.82, 2.24) is 4.98 Å². The fourth-order valence-corrected chi connectivity index (χ4v) is 1.47. The Kier molecular flexibility index (Phi) is 3.83. The number of hydrogen-bond donors (Lipinski definition) is 1. The summed E-state index contributed by atoms with van der Waals surface area (Å²) in [6.07, 6.45) is 1.57. The molecule has 1 N–H and O–H groups in total. The number of aromatic nitrogens is 1. The van der Waals surface area contributed by atoms with Gasteiger partial charge in [-0.1, -0.05) is 23.7 Å². The summed E-state index contributed by atoms with van der Waals surface area (Å²) in [7, 11) is 1.65. The second-order valence-electron chi connectivity index (χ2n) is 3.48. The topological polar surface area (TPSA) is 34.1 Å². The number of pyridine rings is 1. The number of nitrogens with one attached hydrogen (secondary N) is 1. The molecule has 3 nitrogen and oxygen atoms in total. The molecule has 0 bridgehead atoms. The van der Waals surface area contributed by atoms with Crippen LogP contribution in [0, 0.1) is 6.07 Å². The lowest BCUT2D eigenvalue weighted by Gasteiger charge is -2.06. The minimum atomic E-state index is 0.514. The van der Waals surface area contributed by atoms with E-state index >= 15 is 0 Å². The number of hydrogen-bond acceptors (Lipinski definition) is 3. The molecule has 0 atom stereocenters. The maximum absolute atomic E-state index is 5.70. The Balaban J connectivity index is 1.95. The second kappa shape index (κ2) is 5.55. The third kappa shape index (κ3) is 3.36. The van der Waals surface area contributed by atoms with E-state index < -0.39 is 0 Å². The van der Waals surface area contributed by atoms with Crippen LogP contribution in [0.1, 0.15) is 5.56 Å². The van der Waals surface area contributed by atoms with Gasteiger partial charge in [-0.05, 0) is 23.8 Å². The molecule has 4 heteroatoms. The number of halogens is 1. The van der Waals surface area contributed by atoms with Crippen molar-refractivity contribution in [2.75, 3.05) is 12.4 Å².